The monoisotopic (exact) mass is 301 g/mol. The van der Waals surface area contributed by atoms with Crippen molar-refractivity contribution in [3.05, 3.63) is 71.4 Å². The Labute approximate surface area is 128 Å². The predicted octanol–water partition coefficient (Wildman–Crippen LogP) is 3.92. The molecule has 2 rings (SSSR count). The highest BCUT2D eigenvalue weighted by atomic mass is 19.1. The number of nitrogens with two attached hydrogens (primary N) is 1. The summed E-state index contributed by atoms with van der Waals surface area (Å²) in [7, 11) is 0. The first kappa shape index (κ1) is 15.9. The van der Waals surface area contributed by atoms with Gasteiger partial charge in [0.25, 0.3) is 0 Å². The van der Waals surface area contributed by atoms with Crippen LogP contribution >= 0.6 is 0 Å². The van der Waals surface area contributed by atoms with E-state index in [0.29, 0.717) is 22.4 Å². The maximum atomic E-state index is 13.6. The van der Waals surface area contributed by atoms with Gasteiger partial charge in [0.15, 0.2) is 0 Å². The van der Waals surface area contributed by atoms with Gasteiger partial charge in [0.2, 0.25) is 0 Å². The van der Waals surface area contributed by atoms with E-state index in [2.05, 4.69) is 5.32 Å². The molecule has 2 aromatic rings. The summed E-state index contributed by atoms with van der Waals surface area (Å²) in [5.41, 5.74) is 8.28. The van der Waals surface area contributed by atoms with Crippen LogP contribution in [0.25, 0.3) is 5.57 Å². The summed E-state index contributed by atoms with van der Waals surface area (Å²) in [5, 5.41) is 10.9. The molecule has 0 atom stereocenters. The molecule has 0 fully saturated rings. The topological polar surface area (TPSA) is 61.9 Å². The number of hydrogen-bond acceptors (Lipinski definition) is 3. The van der Waals surface area contributed by atoms with Gasteiger partial charge in [0, 0.05) is 29.7 Å². The molecule has 0 aliphatic rings. The molecule has 0 bridgehead atoms. The zero-order chi connectivity index (χ0) is 16.1. The van der Waals surface area contributed by atoms with E-state index >= 15 is 0 Å². The van der Waals surface area contributed by atoms with Crippen LogP contribution in [-0.4, -0.2) is 5.71 Å². The van der Waals surface area contributed by atoms with Crippen LogP contribution in [0, 0.1) is 17.0 Å². The highest BCUT2D eigenvalue weighted by molar-refractivity contribution is 6.21. The van der Waals surface area contributed by atoms with Crippen molar-refractivity contribution < 1.29 is 8.78 Å². The minimum absolute atomic E-state index is 0.223. The minimum atomic E-state index is -0.396. The van der Waals surface area contributed by atoms with E-state index < -0.39 is 5.82 Å². The molecule has 0 saturated heterocycles. The Morgan fingerprint density at radius 3 is 2.41 bits per heavy atom. The van der Waals surface area contributed by atoms with E-state index in [1.807, 2.05) is 0 Å². The summed E-state index contributed by atoms with van der Waals surface area (Å²) < 4.78 is 26.5. The second kappa shape index (κ2) is 6.95. The summed E-state index contributed by atoms with van der Waals surface area (Å²) in [5.74, 6) is -0.720. The van der Waals surface area contributed by atoms with Gasteiger partial charge in [-0.3, -0.25) is 0 Å². The fourth-order valence-electron chi connectivity index (χ4n) is 2.03. The van der Waals surface area contributed by atoms with Gasteiger partial charge in [0.1, 0.15) is 11.6 Å². The second-order valence-corrected chi connectivity index (χ2v) is 4.89. The number of allylic oxidation sites excluding steroid dienone is 1. The average Bonchev–Trinajstić information content (AvgIpc) is 2.48. The molecule has 0 unspecified atom stereocenters. The Morgan fingerprint density at radius 2 is 1.82 bits per heavy atom. The lowest BCUT2D eigenvalue weighted by atomic mass is 10.0. The van der Waals surface area contributed by atoms with E-state index in [-0.39, 0.29) is 18.1 Å². The molecule has 4 N–H and O–H groups in total. The number of hydrogen-bond donors (Lipinski definition) is 3. The molecule has 3 nitrogen and oxygen atoms in total. The molecule has 114 valence electrons. The van der Waals surface area contributed by atoms with Crippen molar-refractivity contribution in [2.75, 3.05) is 5.32 Å². The third kappa shape index (κ3) is 3.99. The van der Waals surface area contributed by atoms with E-state index in [0.717, 1.165) is 0 Å². The summed E-state index contributed by atoms with van der Waals surface area (Å²) in [6.45, 7) is 1.84. The second-order valence-electron chi connectivity index (χ2n) is 4.89. The van der Waals surface area contributed by atoms with Crippen LogP contribution in [0.15, 0.2) is 48.7 Å². The molecule has 0 aromatic heterocycles. The van der Waals surface area contributed by atoms with Crippen molar-refractivity contribution >= 4 is 17.0 Å². The third-order valence-corrected chi connectivity index (χ3v) is 3.14. The van der Waals surface area contributed by atoms with Crippen LogP contribution in [0.3, 0.4) is 0 Å². The van der Waals surface area contributed by atoms with Gasteiger partial charge in [-0.2, -0.15) is 0 Å². The smallest absolute Gasteiger partial charge is 0.124 e. The lowest BCUT2D eigenvalue weighted by Crippen LogP contribution is -2.03. The normalized spacial score (nSPS) is 11.4. The van der Waals surface area contributed by atoms with Gasteiger partial charge in [0.05, 0.1) is 0 Å². The van der Waals surface area contributed by atoms with Crippen molar-refractivity contribution in [1.82, 2.24) is 0 Å². The molecule has 0 amide bonds. The van der Waals surface area contributed by atoms with Gasteiger partial charge >= 0.3 is 0 Å². The lowest BCUT2D eigenvalue weighted by Gasteiger charge is -2.10. The van der Waals surface area contributed by atoms with Gasteiger partial charge in [-0.15, -0.1) is 0 Å². The third-order valence-electron chi connectivity index (χ3n) is 3.14. The molecule has 2 aromatic carbocycles. The molecule has 0 spiro atoms. The van der Waals surface area contributed by atoms with Crippen LogP contribution < -0.4 is 11.1 Å². The number of rotatable bonds is 5. The molecule has 0 aliphatic heterocycles. The molecular weight excluding hydrogens is 284 g/mol. The largest absolute Gasteiger partial charge is 0.361 e. The highest BCUT2D eigenvalue weighted by Crippen LogP contribution is 2.20. The Hall–Kier alpha value is -2.53. The Balaban J connectivity index is 2.33. The van der Waals surface area contributed by atoms with Gasteiger partial charge in [-0.25, -0.2) is 8.78 Å². The summed E-state index contributed by atoms with van der Waals surface area (Å²) in [4.78, 5) is 0. The lowest BCUT2D eigenvalue weighted by molar-refractivity contribution is 0.625. The summed E-state index contributed by atoms with van der Waals surface area (Å²) in [6.07, 6.45) is 1.60. The first-order valence-electron chi connectivity index (χ1n) is 6.77. The SMILES string of the molecule is CC(=N)/C(=C\Nc1ccc(F)cc1)c1cc(F)cc(CN)c1. The number of anilines is 1. The highest BCUT2D eigenvalue weighted by Gasteiger charge is 2.08. The summed E-state index contributed by atoms with van der Waals surface area (Å²) >= 11 is 0. The first-order chi connectivity index (χ1) is 10.5. The standard InChI is InChI=1S/C17H17F2N3/c1-11(21)17(10-22-16-4-2-14(18)3-5-16)13-6-12(9-20)7-15(19)8-13/h2-8,10,21-22H,9,20H2,1H3/b17-10+,21-11?. The van der Waals surface area contributed by atoms with Crippen LogP contribution in [0.5, 0.6) is 0 Å². The molecule has 0 radical (unpaired) electrons. The van der Waals surface area contributed by atoms with E-state index in [1.54, 1.807) is 31.3 Å². The van der Waals surface area contributed by atoms with Gasteiger partial charge in [-0.1, -0.05) is 0 Å². The Bertz CT molecular complexity index is 706. The van der Waals surface area contributed by atoms with E-state index in [1.165, 1.54) is 24.3 Å². The van der Waals surface area contributed by atoms with Crippen molar-refractivity contribution in [2.24, 2.45) is 5.73 Å². The molecular formula is C17H17F2N3. The van der Waals surface area contributed by atoms with E-state index in [4.69, 9.17) is 11.1 Å². The fourth-order valence-corrected chi connectivity index (χ4v) is 2.03. The first-order valence-corrected chi connectivity index (χ1v) is 6.77. The average molecular weight is 301 g/mol. The van der Waals surface area contributed by atoms with Crippen LogP contribution in [0.2, 0.25) is 0 Å². The zero-order valence-corrected chi connectivity index (χ0v) is 12.2. The Kier molecular flexibility index (Phi) is 5.01. The molecule has 0 heterocycles. The Morgan fingerprint density at radius 1 is 1.14 bits per heavy atom. The number of halogens is 2. The number of nitrogens with one attached hydrogen (secondary N) is 2. The quantitative estimate of drug-likeness (QED) is 0.733. The van der Waals surface area contributed by atoms with Crippen LogP contribution in [0.4, 0.5) is 14.5 Å². The van der Waals surface area contributed by atoms with Crippen molar-refractivity contribution in [3.63, 3.8) is 0 Å². The maximum Gasteiger partial charge on any atom is 0.124 e. The summed E-state index contributed by atoms with van der Waals surface area (Å²) in [6, 6.07) is 10.3. The van der Waals surface area contributed by atoms with Crippen molar-refractivity contribution in [3.8, 4) is 0 Å². The predicted molar refractivity (Wildman–Crippen MR) is 85.7 cm³/mol. The van der Waals surface area contributed by atoms with Crippen LogP contribution in [-0.2, 0) is 6.54 Å². The van der Waals surface area contributed by atoms with Gasteiger partial charge < -0.3 is 16.5 Å². The maximum absolute atomic E-state index is 13.6. The van der Waals surface area contributed by atoms with Gasteiger partial charge in [-0.05, 0) is 60.5 Å². The fraction of sp³-hybridized carbons (Fsp3) is 0.118. The zero-order valence-electron chi connectivity index (χ0n) is 12.2. The van der Waals surface area contributed by atoms with Crippen LogP contribution in [0.1, 0.15) is 18.1 Å². The molecule has 22 heavy (non-hydrogen) atoms. The van der Waals surface area contributed by atoms with Crippen molar-refractivity contribution in [2.45, 2.75) is 13.5 Å². The van der Waals surface area contributed by atoms with Crippen molar-refractivity contribution in [1.29, 1.82) is 5.41 Å². The minimum Gasteiger partial charge on any atom is -0.361 e. The number of benzene rings is 2. The van der Waals surface area contributed by atoms with E-state index in [9.17, 15) is 8.78 Å². The molecule has 5 heteroatoms. The molecule has 0 aliphatic carbocycles. The molecule has 0 saturated carbocycles.